The quantitative estimate of drug-likeness (QED) is 0.709. The van der Waals surface area contributed by atoms with Gasteiger partial charge in [0.15, 0.2) is 0 Å². The van der Waals surface area contributed by atoms with Gasteiger partial charge in [-0.1, -0.05) is 56.3 Å². The van der Waals surface area contributed by atoms with E-state index in [0.29, 0.717) is 0 Å². The maximum Gasteiger partial charge on any atom is -0.0236 e. The van der Waals surface area contributed by atoms with Gasteiger partial charge in [-0.15, -0.1) is 0 Å². The molecule has 0 spiro atoms. The summed E-state index contributed by atoms with van der Waals surface area (Å²) in [7, 11) is 0. The molecule has 0 unspecified atom stereocenters. The highest BCUT2D eigenvalue weighted by atomic mass is 14.1. The third-order valence-electron chi connectivity index (χ3n) is 3.94. The molecule has 0 saturated carbocycles. The fraction of sp³-hybridized carbons (Fsp3) is 0.368. The maximum absolute atomic E-state index is 2.37. The first-order valence-corrected chi connectivity index (χ1v) is 7.39. The minimum atomic E-state index is 1.12. The first-order valence-electron chi connectivity index (χ1n) is 7.39. The number of aryl methyl sites for hydroxylation is 5. The first-order chi connectivity index (χ1) is 9.22. The largest absolute Gasteiger partial charge is 0.0613 e. The zero-order valence-electron chi connectivity index (χ0n) is 12.4. The molecule has 0 radical (unpaired) electrons. The molecule has 2 aromatic rings. The van der Waals surface area contributed by atoms with Gasteiger partial charge in [-0.2, -0.15) is 0 Å². The van der Waals surface area contributed by atoms with Gasteiger partial charge in [0, 0.05) is 0 Å². The molecule has 0 heteroatoms. The van der Waals surface area contributed by atoms with Gasteiger partial charge in [0.25, 0.3) is 0 Å². The molecule has 2 aromatic carbocycles. The molecule has 0 nitrogen and oxygen atoms in total. The second-order valence-corrected chi connectivity index (χ2v) is 5.28. The molecule has 2 rings (SSSR count). The smallest absolute Gasteiger partial charge is 0.0236 e. The molecular formula is C19H24. The van der Waals surface area contributed by atoms with Gasteiger partial charge in [0.05, 0.1) is 0 Å². The molecule has 0 atom stereocenters. The van der Waals surface area contributed by atoms with Crippen LogP contribution < -0.4 is 0 Å². The standard InChI is InChI=1S/C19H24/c1-4-16-8-10-18(11-9-16)12-13-19-14-17(5-2)7-6-15(19)3/h6-11,14H,4-5,12-13H2,1-3H3. The van der Waals surface area contributed by atoms with Gasteiger partial charge in [0.1, 0.15) is 0 Å². The van der Waals surface area contributed by atoms with Gasteiger partial charge >= 0.3 is 0 Å². The van der Waals surface area contributed by atoms with Crippen molar-refractivity contribution in [2.45, 2.75) is 46.5 Å². The first kappa shape index (κ1) is 13.9. The van der Waals surface area contributed by atoms with Gasteiger partial charge in [0.2, 0.25) is 0 Å². The van der Waals surface area contributed by atoms with E-state index < -0.39 is 0 Å². The van der Waals surface area contributed by atoms with Crippen molar-refractivity contribution in [3.63, 3.8) is 0 Å². The average molecular weight is 252 g/mol. The predicted molar refractivity (Wildman–Crippen MR) is 83.8 cm³/mol. The van der Waals surface area contributed by atoms with Crippen molar-refractivity contribution < 1.29 is 0 Å². The van der Waals surface area contributed by atoms with Crippen molar-refractivity contribution in [2.75, 3.05) is 0 Å². The highest BCUT2D eigenvalue weighted by Crippen LogP contribution is 2.15. The topological polar surface area (TPSA) is 0 Å². The summed E-state index contributed by atoms with van der Waals surface area (Å²) in [4.78, 5) is 0. The summed E-state index contributed by atoms with van der Waals surface area (Å²) in [5, 5.41) is 0. The predicted octanol–water partition coefficient (Wildman–Crippen LogP) is 4.91. The zero-order valence-corrected chi connectivity index (χ0v) is 12.4. The fourth-order valence-electron chi connectivity index (χ4n) is 2.43. The Morgan fingerprint density at radius 2 is 1.26 bits per heavy atom. The van der Waals surface area contributed by atoms with Gasteiger partial charge in [-0.3, -0.25) is 0 Å². The molecule has 0 bridgehead atoms. The Bertz CT molecular complexity index is 520. The summed E-state index contributed by atoms with van der Waals surface area (Å²) < 4.78 is 0. The maximum atomic E-state index is 2.37. The summed E-state index contributed by atoms with van der Waals surface area (Å²) in [6.45, 7) is 6.64. The normalized spacial score (nSPS) is 10.7. The Labute approximate surface area is 117 Å². The van der Waals surface area contributed by atoms with Crippen molar-refractivity contribution in [2.24, 2.45) is 0 Å². The molecule has 0 N–H and O–H groups in total. The summed E-state index contributed by atoms with van der Waals surface area (Å²) in [6, 6.07) is 15.9. The van der Waals surface area contributed by atoms with Crippen LogP contribution in [0.15, 0.2) is 42.5 Å². The van der Waals surface area contributed by atoms with Crippen LogP contribution in [0.25, 0.3) is 0 Å². The van der Waals surface area contributed by atoms with Crippen LogP contribution in [-0.4, -0.2) is 0 Å². The average Bonchev–Trinajstić information content (AvgIpc) is 2.47. The van der Waals surface area contributed by atoms with Gasteiger partial charge < -0.3 is 0 Å². The van der Waals surface area contributed by atoms with Crippen molar-refractivity contribution >= 4 is 0 Å². The van der Waals surface area contributed by atoms with Crippen molar-refractivity contribution in [1.29, 1.82) is 0 Å². The monoisotopic (exact) mass is 252 g/mol. The van der Waals surface area contributed by atoms with E-state index >= 15 is 0 Å². The Hall–Kier alpha value is -1.56. The van der Waals surface area contributed by atoms with Crippen molar-refractivity contribution in [3.05, 3.63) is 70.3 Å². The van der Waals surface area contributed by atoms with Crippen LogP contribution in [0, 0.1) is 6.92 Å². The minimum Gasteiger partial charge on any atom is -0.0613 e. The van der Waals surface area contributed by atoms with Crippen LogP contribution in [0.4, 0.5) is 0 Å². The molecule has 19 heavy (non-hydrogen) atoms. The number of hydrogen-bond acceptors (Lipinski definition) is 0. The summed E-state index contributed by atoms with van der Waals surface area (Å²) in [5.74, 6) is 0. The minimum absolute atomic E-state index is 1.12. The SMILES string of the molecule is CCc1ccc(CCc2cc(CC)ccc2C)cc1. The van der Waals surface area contributed by atoms with E-state index in [2.05, 4.69) is 63.2 Å². The lowest BCUT2D eigenvalue weighted by molar-refractivity contribution is 0.939. The Kier molecular flexibility index (Phi) is 4.79. The molecule has 0 aliphatic carbocycles. The van der Waals surface area contributed by atoms with Crippen LogP contribution in [-0.2, 0) is 25.7 Å². The van der Waals surface area contributed by atoms with E-state index in [0.717, 1.165) is 25.7 Å². The van der Waals surface area contributed by atoms with E-state index in [1.807, 2.05) is 0 Å². The second-order valence-electron chi connectivity index (χ2n) is 5.28. The third kappa shape index (κ3) is 3.70. The third-order valence-corrected chi connectivity index (χ3v) is 3.94. The molecule has 100 valence electrons. The summed E-state index contributed by atoms with van der Waals surface area (Å²) >= 11 is 0. The van der Waals surface area contributed by atoms with E-state index in [4.69, 9.17) is 0 Å². The molecule has 0 fully saturated rings. The lowest BCUT2D eigenvalue weighted by Crippen LogP contribution is -1.96. The van der Waals surface area contributed by atoms with Crippen LogP contribution >= 0.6 is 0 Å². The zero-order chi connectivity index (χ0) is 13.7. The number of hydrogen-bond donors (Lipinski definition) is 0. The molecule has 0 heterocycles. The van der Waals surface area contributed by atoms with E-state index in [1.165, 1.54) is 27.8 Å². The highest BCUT2D eigenvalue weighted by molar-refractivity contribution is 5.32. The van der Waals surface area contributed by atoms with E-state index in [9.17, 15) is 0 Å². The molecule has 0 aliphatic heterocycles. The van der Waals surface area contributed by atoms with Crippen LogP contribution in [0.3, 0.4) is 0 Å². The van der Waals surface area contributed by atoms with Crippen molar-refractivity contribution in [1.82, 2.24) is 0 Å². The molecular weight excluding hydrogens is 228 g/mol. The highest BCUT2D eigenvalue weighted by Gasteiger charge is 2.01. The number of rotatable bonds is 5. The van der Waals surface area contributed by atoms with Crippen LogP contribution in [0.1, 0.15) is 41.7 Å². The Morgan fingerprint density at radius 1 is 0.684 bits per heavy atom. The van der Waals surface area contributed by atoms with Gasteiger partial charge in [-0.25, -0.2) is 0 Å². The fourth-order valence-corrected chi connectivity index (χ4v) is 2.43. The van der Waals surface area contributed by atoms with Crippen molar-refractivity contribution in [3.8, 4) is 0 Å². The molecule has 0 aromatic heterocycles. The number of benzene rings is 2. The van der Waals surface area contributed by atoms with E-state index in [-0.39, 0.29) is 0 Å². The van der Waals surface area contributed by atoms with Crippen LogP contribution in [0.5, 0.6) is 0 Å². The Balaban J connectivity index is 2.05. The molecule has 0 aliphatic rings. The Morgan fingerprint density at radius 3 is 1.89 bits per heavy atom. The van der Waals surface area contributed by atoms with E-state index in [1.54, 1.807) is 0 Å². The molecule has 0 saturated heterocycles. The molecule has 0 amide bonds. The second kappa shape index (κ2) is 6.56. The van der Waals surface area contributed by atoms with Gasteiger partial charge in [-0.05, 0) is 60.4 Å². The summed E-state index contributed by atoms with van der Waals surface area (Å²) in [5.41, 5.74) is 7.23. The lowest BCUT2D eigenvalue weighted by atomic mass is 9.97. The summed E-state index contributed by atoms with van der Waals surface area (Å²) in [6.07, 6.45) is 4.53. The lowest BCUT2D eigenvalue weighted by Gasteiger charge is -2.08. The van der Waals surface area contributed by atoms with Crippen LogP contribution in [0.2, 0.25) is 0 Å².